The summed E-state index contributed by atoms with van der Waals surface area (Å²) in [5, 5.41) is 4.46. The summed E-state index contributed by atoms with van der Waals surface area (Å²) in [5.41, 5.74) is 3.84. The first-order valence-electron chi connectivity index (χ1n) is 11.4. The monoisotopic (exact) mass is 460 g/mol. The second-order valence-electron chi connectivity index (χ2n) is 8.83. The third-order valence-electron chi connectivity index (χ3n) is 6.66. The minimum absolute atomic E-state index is 0.277. The summed E-state index contributed by atoms with van der Waals surface area (Å²) < 4.78 is 27.7. The number of benzene rings is 1. The molecule has 1 aromatic carbocycles. The van der Waals surface area contributed by atoms with Crippen LogP contribution in [0.4, 0.5) is 4.39 Å². The predicted octanol–water partition coefficient (Wildman–Crippen LogP) is 4.64. The molecule has 34 heavy (non-hydrogen) atoms. The van der Waals surface area contributed by atoms with Crippen molar-refractivity contribution in [3.8, 4) is 5.75 Å². The molecule has 0 radical (unpaired) electrons. The molecule has 0 saturated carbocycles. The average Bonchev–Trinajstić information content (AvgIpc) is 3.50. The lowest BCUT2D eigenvalue weighted by Gasteiger charge is -2.36. The molecule has 1 fully saturated rings. The number of piperidine rings is 1. The molecule has 4 aliphatic rings. The molecular formula is C26H25FN4O3. The molecule has 1 saturated heterocycles. The van der Waals surface area contributed by atoms with Gasteiger partial charge in [0.2, 0.25) is 0 Å². The van der Waals surface area contributed by atoms with Crippen LogP contribution >= 0.6 is 0 Å². The minimum Gasteiger partial charge on any atom is -0.495 e. The van der Waals surface area contributed by atoms with Crippen LogP contribution in [0.25, 0.3) is 5.70 Å². The van der Waals surface area contributed by atoms with Crippen LogP contribution in [-0.4, -0.2) is 40.5 Å². The molecule has 0 amide bonds. The van der Waals surface area contributed by atoms with Gasteiger partial charge in [0.05, 0.1) is 30.4 Å². The predicted molar refractivity (Wildman–Crippen MR) is 125 cm³/mol. The molecular weight excluding hydrogens is 435 g/mol. The van der Waals surface area contributed by atoms with Gasteiger partial charge in [0.1, 0.15) is 17.3 Å². The van der Waals surface area contributed by atoms with E-state index >= 15 is 0 Å². The quantitative estimate of drug-likeness (QED) is 0.668. The zero-order valence-electron chi connectivity index (χ0n) is 19.1. The number of nitrogens with zero attached hydrogens (tertiary/aromatic N) is 4. The van der Waals surface area contributed by atoms with Crippen LogP contribution in [0.3, 0.4) is 0 Å². The third kappa shape index (κ3) is 3.24. The summed E-state index contributed by atoms with van der Waals surface area (Å²) >= 11 is 0. The molecule has 1 aliphatic carbocycles. The molecule has 1 aromatic heterocycles. The zero-order chi connectivity index (χ0) is 23.3. The Labute approximate surface area is 197 Å². The Kier molecular flexibility index (Phi) is 4.83. The second kappa shape index (κ2) is 7.90. The van der Waals surface area contributed by atoms with Crippen molar-refractivity contribution in [3.63, 3.8) is 0 Å². The van der Waals surface area contributed by atoms with E-state index in [2.05, 4.69) is 33.3 Å². The van der Waals surface area contributed by atoms with Crippen molar-refractivity contribution >= 4 is 11.5 Å². The van der Waals surface area contributed by atoms with E-state index in [-0.39, 0.29) is 12.4 Å². The van der Waals surface area contributed by atoms with Crippen molar-refractivity contribution in [2.75, 3.05) is 20.3 Å². The smallest absolute Gasteiger partial charge is 0.275 e. The first-order valence-corrected chi connectivity index (χ1v) is 11.4. The van der Waals surface area contributed by atoms with Crippen LogP contribution < -0.4 is 4.74 Å². The van der Waals surface area contributed by atoms with Crippen molar-refractivity contribution in [1.82, 2.24) is 14.5 Å². The number of imidazole rings is 1. The maximum atomic E-state index is 14.1. The maximum Gasteiger partial charge on any atom is 0.275 e. The van der Waals surface area contributed by atoms with Gasteiger partial charge in [-0.3, -0.25) is 0 Å². The van der Waals surface area contributed by atoms with Gasteiger partial charge in [0.25, 0.3) is 5.72 Å². The highest BCUT2D eigenvalue weighted by Gasteiger charge is 2.55. The Morgan fingerprint density at radius 1 is 1.29 bits per heavy atom. The molecule has 4 heterocycles. The number of oxime groups is 1. The van der Waals surface area contributed by atoms with E-state index in [0.29, 0.717) is 11.3 Å². The summed E-state index contributed by atoms with van der Waals surface area (Å²) in [4.78, 5) is 12.4. The fourth-order valence-corrected chi connectivity index (χ4v) is 5.03. The van der Waals surface area contributed by atoms with Gasteiger partial charge in [-0.1, -0.05) is 17.3 Å². The number of hydrogen-bond acceptors (Lipinski definition) is 6. The Hall–Kier alpha value is -3.81. The molecule has 1 spiro atoms. The number of halogens is 1. The van der Waals surface area contributed by atoms with Gasteiger partial charge < -0.3 is 23.8 Å². The Balaban J connectivity index is 1.34. The molecule has 1 atom stereocenters. The van der Waals surface area contributed by atoms with Crippen LogP contribution in [0.1, 0.15) is 30.5 Å². The number of methoxy groups -OCH3 is 1. The lowest BCUT2D eigenvalue weighted by atomic mass is 9.95. The number of hydrogen-bond donors (Lipinski definition) is 0. The Bertz CT molecular complexity index is 1320. The standard InChI is InChI=1S/C26H25FN4O3/c1-17-14-30(16-28-17)22-7-3-5-18(12-24(22)32-2)11-19-6-4-10-31-25(19)29-34-26(31)15-33-23-9-8-20(27)13-21(23)26/h3,5,8-9,11-14,16H,4,6-7,10,15H2,1-2H3/b19-11+. The van der Waals surface area contributed by atoms with Crippen molar-refractivity contribution in [2.24, 2.45) is 5.16 Å². The molecule has 7 nitrogen and oxygen atoms in total. The van der Waals surface area contributed by atoms with Crippen LogP contribution in [0.2, 0.25) is 0 Å². The highest BCUT2D eigenvalue weighted by atomic mass is 19.1. The second-order valence-corrected chi connectivity index (χ2v) is 8.83. The summed E-state index contributed by atoms with van der Waals surface area (Å²) in [5.74, 6) is 1.89. The lowest BCUT2D eigenvalue weighted by molar-refractivity contribution is -0.114. The molecule has 3 aliphatic heterocycles. The average molecular weight is 461 g/mol. The Morgan fingerprint density at radius 3 is 3.03 bits per heavy atom. The molecule has 174 valence electrons. The van der Waals surface area contributed by atoms with Crippen LogP contribution in [0, 0.1) is 12.7 Å². The van der Waals surface area contributed by atoms with Gasteiger partial charge in [0.15, 0.2) is 12.4 Å². The van der Waals surface area contributed by atoms with E-state index in [9.17, 15) is 4.39 Å². The molecule has 6 rings (SSSR count). The maximum absolute atomic E-state index is 14.1. The third-order valence-corrected chi connectivity index (χ3v) is 6.66. The molecule has 0 N–H and O–H groups in total. The Morgan fingerprint density at radius 2 is 2.21 bits per heavy atom. The first kappa shape index (κ1) is 20.8. The van der Waals surface area contributed by atoms with Gasteiger partial charge in [0, 0.05) is 19.2 Å². The van der Waals surface area contributed by atoms with Gasteiger partial charge >= 0.3 is 0 Å². The minimum atomic E-state index is -0.913. The van der Waals surface area contributed by atoms with Gasteiger partial charge in [-0.25, -0.2) is 9.37 Å². The molecule has 2 aromatic rings. The molecule has 8 heteroatoms. The van der Waals surface area contributed by atoms with Crippen LogP contribution in [0.5, 0.6) is 5.75 Å². The van der Waals surface area contributed by atoms with E-state index in [1.165, 1.54) is 12.1 Å². The van der Waals surface area contributed by atoms with Crippen LogP contribution in [-0.2, 0) is 15.3 Å². The number of aromatic nitrogens is 2. The van der Waals surface area contributed by atoms with Gasteiger partial charge in [-0.15, -0.1) is 0 Å². The molecule has 0 bridgehead atoms. The number of rotatable bonds is 3. The SMILES string of the molecule is COC1=C(n2cnc(C)c2)CC=CC(/C=C2\CCCN3C2=NOC32COc3ccc(F)cc32)=C1. The first-order chi connectivity index (χ1) is 16.6. The van der Waals surface area contributed by atoms with E-state index in [1.54, 1.807) is 13.2 Å². The van der Waals surface area contributed by atoms with Gasteiger partial charge in [-0.05, 0) is 61.3 Å². The number of aryl methyl sites for hydroxylation is 1. The van der Waals surface area contributed by atoms with Crippen molar-refractivity contribution < 1.29 is 18.7 Å². The van der Waals surface area contributed by atoms with Crippen molar-refractivity contribution in [1.29, 1.82) is 0 Å². The highest BCUT2D eigenvalue weighted by molar-refractivity contribution is 6.00. The van der Waals surface area contributed by atoms with E-state index in [1.807, 2.05) is 30.1 Å². The topological polar surface area (TPSA) is 61.1 Å². The highest BCUT2D eigenvalue weighted by Crippen LogP contribution is 2.47. The van der Waals surface area contributed by atoms with Crippen LogP contribution in [0.15, 0.2) is 77.1 Å². The summed E-state index contributed by atoms with van der Waals surface area (Å²) in [7, 11) is 1.68. The fourth-order valence-electron chi connectivity index (χ4n) is 5.03. The molecule has 1 unspecified atom stereocenters. The normalized spacial score (nSPS) is 24.4. The largest absolute Gasteiger partial charge is 0.495 e. The number of ether oxygens (including phenoxy) is 2. The number of amidine groups is 1. The number of allylic oxidation sites excluding steroid dienone is 6. The summed E-state index contributed by atoms with van der Waals surface area (Å²) in [6, 6.07) is 4.55. The van der Waals surface area contributed by atoms with E-state index in [4.69, 9.17) is 14.3 Å². The van der Waals surface area contributed by atoms with Crippen molar-refractivity contribution in [3.05, 3.63) is 89.0 Å². The number of fused-ring (bicyclic) bond motifs is 4. The summed E-state index contributed by atoms with van der Waals surface area (Å²) in [6.07, 6.45) is 14.7. The van der Waals surface area contributed by atoms with Crippen molar-refractivity contribution in [2.45, 2.75) is 31.9 Å². The lowest BCUT2D eigenvalue weighted by Crippen LogP contribution is -2.50. The zero-order valence-corrected chi connectivity index (χ0v) is 19.1. The fraction of sp³-hybridized carbons (Fsp3) is 0.308. The van der Waals surface area contributed by atoms with E-state index in [0.717, 1.165) is 59.9 Å². The summed E-state index contributed by atoms with van der Waals surface area (Å²) in [6.45, 7) is 3.01. The van der Waals surface area contributed by atoms with E-state index < -0.39 is 5.72 Å². The van der Waals surface area contributed by atoms with Gasteiger partial charge in [-0.2, -0.15) is 0 Å².